The molecular formula is C14H13ClF2N4O4. The quantitative estimate of drug-likeness (QED) is 0.593. The molecule has 0 aliphatic carbocycles. The fourth-order valence-corrected chi connectivity index (χ4v) is 2.06. The lowest BCUT2D eigenvalue weighted by Crippen LogP contribution is -2.20. The van der Waals surface area contributed by atoms with Gasteiger partial charge in [0.1, 0.15) is 18.9 Å². The lowest BCUT2D eigenvalue weighted by atomic mass is 10.2. The number of nitro benzene ring substituents is 1. The maximum Gasteiger partial charge on any atom is 0.275 e. The van der Waals surface area contributed by atoms with E-state index in [0.717, 1.165) is 12.1 Å². The largest absolute Gasteiger partial charge is 0.487 e. The van der Waals surface area contributed by atoms with Crippen LogP contribution in [0.25, 0.3) is 0 Å². The smallest absolute Gasteiger partial charge is 0.275 e. The normalized spacial score (nSPS) is 10.8. The lowest BCUT2D eigenvalue weighted by Gasteiger charge is -2.10. The summed E-state index contributed by atoms with van der Waals surface area (Å²) in [4.78, 5) is 22.3. The zero-order valence-corrected chi connectivity index (χ0v) is 13.7. The van der Waals surface area contributed by atoms with Gasteiger partial charge in [-0.15, -0.1) is 0 Å². The van der Waals surface area contributed by atoms with Crippen molar-refractivity contribution in [3.63, 3.8) is 0 Å². The number of carbonyl (C=O) groups excluding carboxylic acids is 1. The van der Waals surface area contributed by atoms with Crippen LogP contribution in [0.4, 0.5) is 20.2 Å². The molecule has 134 valence electrons. The number of benzene rings is 1. The Bertz CT molecular complexity index is 797. The SMILES string of the molecule is Cc1c(Cl)cnn1CC(=O)Nc1cc(OCC(F)F)cc([N+](=O)[O-])c1. The monoisotopic (exact) mass is 374 g/mol. The fraction of sp³-hybridized carbons (Fsp3) is 0.286. The van der Waals surface area contributed by atoms with Crippen LogP contribution in [0.3, 0.4) is 0 Å². The van der Waals surface area contributed by atoms with Gasteiger partial charge in [0.05, 0.1) is 33.6 Å². The van der Waals surface area contributed by atoms with Crippen molar-refractivity contribution in [2.75, 3.05) is 11.9 Å². The molecule has 2 rings (SSSR count). The van der Waals surface area contributed by atoms with Crippen LogP contribution in [0.5, 0.6) is 5.75 Å². The summed E-state index contributed by atoms with van der Waals surface area (Å²) in [6.45, 7) is 0.584. The number of nitrogens with one attached hydrogen (secondary N) is 1. The molecule has 1 N–H and O–H groups in total. The molecule has 1 aromatic heterocycles. The van der Waals surface area contributed by atoms with Crippen LogP contribution in [0.1, 0.15) is 5.69 Å². The molecule has 25 heavy (non-hydrogen) atoms. The first-order valence-corrected chi connectivity index (χ1v) is 7.32. The number of halogens is 3. The number of alkyl halides is 2. The highest BCUT2D eigenvalue weighted by molar-refractivity contribution is 6.31. The Balaban J connectivity index is 2.15. The van der Waals surface area contributed by atoms with Crippen molar-refractivity contribution in [1.82, 2.24) is 9.78 Å². The summed E-state index contributed by atoms with van der Waals surface area (Å²) in [6, 6.07) is 3.31. The van der Waals surface area contributed by atoms with Gasteiger partial charge < -0.3 is 10.1 Å². The Morgan fingerprint density at radius 3 is 2.76 bits per heavy atom. The van der Waals surface area contributed by atoms with Crippen LogP contribution in [-0.4, -0.2) is 33.6 Å². The standard InChI is InChI=1S/C14H13ClF2N4O4/c1-8-12(15)5-18-20(8)6-14(22)19-9-2-10(21(23)24)4-11(3-9)25-7-13(16)17/h2-5,13H,6-7H2,1H3,(H,19,22). The van der Waals surface area contributed by atoms with Gasteiger partial charge >= 0.3 is 0 Å². The Labute approximate surface area is 145 Å². The maximum atomic E-state index is 12.2. The van der Waals surface area contributed by atoms with Crippen LogP contribution in [0, 0.1) is 17.0 Å². The van der Waals surface area contributed by atoms with Gasteiger partial charge in [0.2, 0.25) is 5.91 Å². The van der Waals surface area contributed by atoms with E-state index in [9.17, 15) is 23.7 Å². The van der Waals surface area contributed by atoms with Crippen LogP contribution in [0.15, 0.2) is 24.4 Å². The number of non-ortho nitro benzene ring substituents is 1. The molecule has 0 aliphatic heterocycles. The van der Waals surface area contributed by atoms with Crippen LogP contribution in [0.2, 0.25) is 5.02 Å². The lowest BCUT2D eigenvalue weighted by molar-refractivity contribution is -0.384. The van der Waals surface area contributed by atoms with Crippen LogP contribution < -0.4 is 10.1 Å². The van der Waals surface area contributed by atoms with Gasteiger partial charge in [-0.3, -0.25) is 19.6 Å². The van der Waals surface area contributed by atoms with E-state index in [2.05, 4.69) is 10.4 Å². The highest BCUT2D eigenvalue weighted by Crippen LogP contribution is 2.26. The Kier molecular flexibility index (Phi) is 5.86. The zero-order chi connectivity index (χ0) is 18.6. The average Bonchev–Trinajstić information content (AvgIpc) is 2.84. The number of rotatable bonds is 7. The highest BCUT2D eigenvalue weighted by atomic mass is 35.5. The molecule has 0 atom stereocenters. The van der Waals surface area contributed by atoms with E-state index < -0.39 is 29.6 Å². The fourth-order valence-electron chi connectivity index (χ4n) is 1.92. The van der Waals surface area contributed by atoms with Gasteiger partial charge in [0.25, 0.3) is 12.1 Å². The molecule has 0 unspecified atom stereocenters. The molecule has 0 saturated heterocycles. The first-order chi connectivity index (χ1) is 11.8. The van der Waals surface area contributed by atoms with E-state index in [1.807, 2.05) is 0 Å². The molecule has 0 radical (unpaired) electrons. The molecule has 0 fully saturated rings. The number of nitrogens with zero attached hydrogens (tertiary/aromatic N) is 3. The number of hydrogen-bond acceptors (Lipinski definition) is 5. The minimum Gasteiger partial charge on any atom is -0.487 e. The molecule has 1 heterocycles. The van der Waals surface area contributed by atoms with Gasteiger partial charge in [0.15, 0.2) is 0 Å². The van der Waals surface area contributed by atoms with Crippen molar-refractivity contribution < 1.29 is 23.2 Å². The number of hydrogen-bond donors (Lipinski definition) is 1. The Morgan fingerprint density at radius 1 is 1.48 bits per heavy atom. The summed E-state index contributed by atoms with van der Waals surface area (Å²) in [7, 11) is 0. The van der Waals surface area contributed by atoms with Gasteiger partial charge in [-0.2, -0.15) is 5.10 Å². The first-order valence-electron chi connectivity index (χ1n) is 6.94. The Morgan fingerprint density at radius 2 is 2.20 bits per heavy atom. The highest BCUT2D eigenvalue weighted by Gasteiger charge is 2.15. The van der Waals surface area contributed by atoms with E-state index in [-0.39, 0.29) is 18.0 Å². The summed E-state index contributed by atoms with van der Waals surface area (Å²) < 4.78 is 30.6. The van der Waals surface area contributed by atoms with Crippen molar-refractivity contribution in [1.29, 1.82) is 0 Å². The number of ether oxygens (including phenoxy) is 1. The average molecular weight is 375 g/mol. The minimum atomic E-state index is -2.73. The molecule has 11 heteroatoms. The molecule has 1 amide bonds. The number of anilines is 1. The van der Waals surface area contributed by atoms with E-state index in [4.69, 9.17) is 16.3 Å². The summed E-state index contributed by atoms with van der Waals surface area (Å²) in [6.07, 6.45) is -1.35. The molecule has 2 aromatic rings. The molecule has 0 saturated carbocycles. The van der Waals surface area contributed by atoms with E-state index >= 15 is 0 Å². The number of aromatic nitrogens is 2. The van der Waals surface area contributed by atoms with Crippen molar-refractivity contribution in [2.45, 2.75) is 19.9 Å². The molecule has 1 aromatic carbocycles. The molecule has 0 spiro atoms. The summed E-state index contributed by atoms with van der Waals surface area (Å²) in [5.41, 5.74) is 0.219. The topological polar surface area (TPSA) is 99.3 Å². The van der Waals surface area contributed by atoms with Crippen molar-refractivity contribution in [2.24, 2.45) is 0 Å². The van der Waals surface area contributed by atoms with E-state index in [1.165, 1.54) is 16.9 Å². The number of nitro groups is 1. The molecular weight excluding hydrogens is 362 g/mol. The molecule has 8 nitrogen and oxygen atoms in total. The second-order valence-corrected chi connectivity index (χ2v) is 5.37. The van der Waals surface area contributed by atoms with Crippen molar-refractivity contribution >= 4 is 28.9 Å². The van der Waals surface area contributed by atoms with E-state index in [0.29, 0.717) is 10.7 Å². The van der Waals surface area contributed by atoms with Gasteiger partial charge in [0, 0.05) is 12.1 Å². The van der Waals surface area contributed by atoms with Gasteiger partial charge in [-0.05, 0) is 6.92 Å². The number of carbonyl (C=O) groups is 1. The predicted octanol–water partition coefficient (Wildman–Crippen LogP) is 3.04. The third-order valence-electron chi connectivity index (χ3n) is 3.10. The van der Waals surface area contributed by atoms with Gasteiger partial charge in [-0.25, -0.2) is 8.78 Å². The Hall–Kier alpha value is -2.75. The summed E-state index contributed by atoms with van der Waals surface area (Å²) >= 11 is 5.84. The minimum absolute atomic E-state index is 0.0411. The van der Waals surface area contributed by atoms with E-state index in [1.54, 1.807) is 6.92 Å². The predicted molar refractivity (Wildman–Crippen MR) is 85.2 cm³/mol. The summed E-state index contributed by atoms with van der Waals surface area (Å²) in [5, 5.41) is 17.7. The third kappa shape index (κ3) is 5.11. The second-order valence-electron chi connectivity index (χ2n) is 4.96. The second kappa shape index (κ2) is 7.88. The molecule has 0 bridgehead atoms. The third-order valence-corrected chi connectivity index (χ3v) is 3.47. The first kappa shape index (κ1) is 18.6. The maximum absolute atomic E-state index is 12.2. The number of amides is 1. The van der Waals surface area contributed by atoms with Crippen molar-refractivity contribution in [3.05, 3.63) is 45.2 Å². The summed E-state index contributed by atoms with van der Waals surface area (Å²) in [5.74, 6) is -0.675. The zero-order valence-electron chi connectivity index (χ0n) is 12.9. The van der Waals surface area contributed by atoms with Gasteiger partial charge in [-0.1, -0.05) is 11.6 Å². The van der Waals surface area contributed by atoms with Crippen molar-refractivity contribution in [3.8, 4) is 5.75 Å². The molecule has 0 aliphatic rings. The van der Waals surface area contributed by atoms with Crippen LogP contribution in [-0.2, 0) is 11.3 Å². The van der Waals surface area contributed by atoms with Crippen LogP contribution >= 0.6 is 11.6 Å².